The molecule has 158 valence electrons. The Hall–Kier alpha value is -2.59. The summed E-state index contributed by atoms with van der Waals surface area (Å²) in [6.07, 6.45) is 0.241. The van der Waals surface area contributed by atoms with E-state index in [1.165, 1.54) is 16.3 Å². The number of tetrazole rings is 1. The maximum absolute atomic E-state index is 12.8. The van der Waals surface area contributed by atoms with Gasteiger partial charge < -0.3 is 4.74 Å². The summed E-state index contributed by atoms with van der Waals surface area (Å²) in [7, 11) is 0. The average molecular weight is 492 g/mol. The first-order valence-electron chi connectivity index (χ1n) is 9.01. The lowest BCUT2D eigenvalue weighted by molar-refractivity contribution is -0.116. The van der Waals surface area contributed by atoms with Gasteiger partial charge in [-0.25, -0.2) is 4.31 Å². The quantitative estimate of drug-likeness (QED) is 0.330. The van der Waals surface area contributed by atoms with E-state index in [0.717, 1.165) is 16.0 Å². The van der Waals surface area contributed by atoms with E-state index >= 15 is 0 Å². The molecule has 4 rings (SSSR count). The van der Waals surface area contributed by atoms with E-state index in [9.17, 15) is 4.79 Å². The molecule has 0 fully saturated rings. The summed E-state index contributed by atoms with van der Waals surface area (Å²) in [6, 6.07) is 14.6. The van der Waals surface area contributed by atoms with Crippen LogP contribution >= 0.6 is 46.5 Å². The number of hydrogen-bond acceptors (Lipinski definition) is 7. The van der Waals surface area contributed by atoms with Gasteiger partial charge in [0, 0.05) is 20.5 Å². The van der Waals surface area contributed by atoms with E-state index in [1.807, 2.05) is 41.1 Å². The molecule has 2 aromatic heterocycles. The number of aromatic nitrogens is 4. The molecular weight excluding hydrogens is 477 g/mol. The Bertz CT molecular complexity index is 1120. The third kappa shape index (κ3) is 5.56. The van der Waals surface area contributed by atoms with Crippen LogP contribution in [0.5, 0.6) is 5.75 Å². The van der Waals surface area contributed by atoms with Gasteiger partial charge >= 0.3 is 0 Å². The van der Waals surface area contributed by atoms with E-state index in [4.69, 9.17) is 27.9 Å². The second-order valence-corrected chi connectivity index (χ2v) is 8.87. The number of rotatable bonds is 8. The Morgan fingerprint density at radius 1 is 1.13 bits per heavy atom. The number of anilines is 1. The summed E-state index contributed by atoms with van der Waals surface area (Å²) < 4.78 is 7.22. The SMILES string of the molecule is O=C(Cc1ccsc1)N(Sc1ccc(OCc2c(Cl)cccc2Cl)cc1)c1nn[nH]n1. The zero-order valence-electron chi connectivity index (χ0n) is 15.9. The molecule has 7 nitrogen and oxygen atoms in total. The van der Waals surface area contributed by atoms with Gasteiger partial charge in [0.25, 0.3) is 5.95 Å². The molecule has 2 aromatic carbocycles. The van der Waals surface area contributed by atoms with Gasteiger partial charge in [0.05, 0.1) is 6.42 Å². The summed E-state index contributed by atoms with van der Waals surface area (Å²) in [5.41, 5.74) is 1.66. The number of nitrogens with zero attached hydrogens (tertiary/aromatic N) is 4. The van der Waals surface area contributed by atoms with Crippen molar-refractivity contribution in [2.45, 2.75) is 17.9 Å². The Kier molecular flexibility index (Phi) is 7.08. The van der Waals surface area contributed by atoms with Crippen molar-refractivity contribution in [3.05, 3.63) is 80.5 Å². The van der Waals surface area contributed by atoms with Crippen LogP contribution in [0.3, 0.4) is 0 Å². The molecule has 4 aromatic rings. The van der Waals surface area contributed by atoms with Crippen molar-refractivity contribution in [3.63, 3.8) is 0 Å². The maximum Gasteiger partial charge on any atom is 0.282 e. The van der Waals surface area contributed by atoms with Gasteiger partial charge in [-0.15, -0.1) is 5.10 Å². The predicted molar refractivity (Wildman–Crippen MR) is 123 cm³/mol. The van der Waals surface area contributed by atoms with Crippen molar-refractivity contribution >= 4 is 58.3 Å². The first kappa shape index (κ1) is 21.6. The van der Waals surface area contributed by atoms with E-state index in [1.54, 1.807) is 29.5 Å². The lowest BCUT2D eigenvalue weighted by atomic mass is 10.2. The second kappa shape index (κ2) is 10.1. The highest BCUT2D eigenvalue weighted by atomic mass is 35.5. The number of carbonyl (C=O) groups is 1. The molecule has 31 heavy (non-hydrogen) atoms. The molecule has 0 unspecified atom stereocenters. The molecule has 11 heteroatoms. The minimum absolute atomic E-state index is 0.154. The fraction of sp³-hybridized carbons (Fsp3) is 0.100. The monoisotopic (exact) mass is 491 g/mol. The molecule has 0 aliphatic rings. The van der Waals surface area contributed by atoms with Crippen LogP contribution in [0.2, 0.25) is 10.0 Å². The highest BCUT2D eigenvalue weighted by Crippen LogP contribution is 2.30. The van der Waals surface area contributed by atoms with Crippen LogP contribution in [0.1, 0.15) is 11.1 Å². The van der Waals surface area contributed by atoms with Gasteiger partial charge in [-0.05, 0) is 75.9 Å². The van der Waals surface area contributed by atoms with Gasteiger partial charge in [-0.3, -0.25) is 4.79 Å². The van der Waals surface area contributed by atoms with Crippen LogP contribution in [0.25, 0.3) is 0 Å². The third-order valence-electron chi connectivity index (χ3n) is 4.14. The highest BCUT2D eigenvalue weighted by molar-refractivity contribution is 8.01. The van der Waals surface area contributed by atoms with Gasteiger partial charge in [0.1, 0.15) is 12.4 Å². The molecule has 2 heterocycles. The lowest BCUT2D eigenvalue weighted by Crippen LogP contribution is -2.26. The zero-order chi connectivity index (χ0) is 21.6. The van der Waals surface area contributed by atoms with Crippen molar-refractivity contribution in [3.8, 4) is 5.75 Å². The minimum atomic E-state index is -0.154. The van der Waals surface area contributed by atoms with Crippen molar-refractivity contribution in [2.75, 3.05) is 4.31 Å². The number of aromatic amines is 1. The van der Waals surface area contributed by atoms with Crippen molar-refractivity contribution < 1.29 is 9.53 Å². The van der Waals surface area contributed by atoms with Crippen molar-refractivity contribution in [2.24, 2.45) is 0 Å². The van der Waals surface area contributed by atoms with Gasteiger partial charge in [0.2, 0.25) is 5.91 Å². The van der Waals surface area contributed by atoms with Gasteiger partial charge in [0.15, 0.2) is 0 Å². The number of thiophene rings is 1. The van der Waals surface area contributed by atoms with Crippen LogP contribution in [0.15, 0.2) is 64.2 Å². The van der Waals surface area contributed by atoms with E-state index < -0.39 is 0 Å². The van der Waals surface area contributed by atoms with Crippen LogP contribution in [-0.4, -0.2) is 26.5 Å². The summed E-state index contributed by atoms with van der Waals surface area (Å²) in [5.74, 6) is 0.688. The standard InChI is InChI=1S/C20H15Cl2N5O2S2/c21-17-2-1-3-18(22)16(17)11-29-14-4-6-15(7-5-14)31-27(20-23-25-26-24-20)19(28)10-13-8-9-30-12-13/h1-9,12H,10-11H2,(H,23,24,25,26). The molecule has 1 amide bonds. The molecule has 0 radical (unpaired) electrons. The normalized spacial score (nSPS) is 10.8. The number of nitrogens with one attached hydrogen (secondary N) is 1. The first-order chi connectivity index (χ1) is 15.1. The maximum atomic E-state index is 12.8. The van der Waals surface area contributed by atoms with Crippen molar-refractivity contribution in [1.82, 2.24) is 20.6 Å². The Morgan fingerprint density at radius 3 is 2.55 bits per heavy atom. The largest absolute Gasteiger partial charge is 0.489 e. The van der Waals surface area contributed by atoms with Crippen LogP contribution in [0.4, 0.5) is 5.95 Å². The number of H-pyrrole nitrogens is 1. The minimum Gasteiger partial charge on any atom is -0.489 e. The summed E-state index contributed by atoms with van der Waals surface area (Å²) in [4.78, 5) is 13.7. The smallest absolute Gasteiger partial charge is 0.282 e. The molecule has 0 aliphatic heterocycles. The van der Waals surface area contributed by atoms with E-state index in [-0.39, 0.29) is 24.9 Å². The van der Waals surface area contributed by atoms with Crippen LogP contribution in [0, 0.1) is 0 Å². The number of carbonyl (C=O) groups excluding carboxylic acids is 1. The summed E-state index contributed by atoms with van der Waals surface area (Å²) in [6.45, 7) is 0.249. The number of amides is 1. The molecule has 0 spiro atoms. The van der Waals surface area contributed by atoms with Gasteiger partial charge in [-0.1, -0.05) is 34.4 Å². The van der Waals surface area contributed by atoms with Crippen LogP contribution < -0.4 is 9.04 Å². The molecule has 1 N–H and O–H groups in total. The van der Waals surface area contributed by atoms with Crippen LogP contribution in [-0.2, 0) is 17.8 Å². The third-order valence-corrected chi connectivity index (χ3v) is 6.62. The molecule has 0 aliphatic carbocycles. The topological polar surface area (TPSA) is 84.0 Å². The van der Waals surface area contributed by atoms with E-state index in [2.05, 4.69) is 20.6 Å². The number of ether oxygens (including phenoxy) is 1. The zero-order valence-corrected chi connectivity index (χ0v) is 19.0. The summed E-state index contributed by atoms with van der Waals surface area (Å²) in [5, 5.41) is 18.8. The highest BCUT2D eigenvalue weighted by Gasteiger charge is 2.22. The Morgan fingerprint density at radius 2 is 1.90 bits per heavy atom. The summed E-state index contributed by atoms with van der Waals surface area (Å²) >= 11 is 15.1. The molecule has 0 bridgehead atoms. The van der Waals surface area contributed by atoms with E-state index in [0.29, 0.717) is 15.8 Å². The van der Waals surface area contributed by atoms with Crippen molar-refractivity contribution in [1.29, 1.82) is 0 Å². The lowest BCUT2D eigenvalue weighted by Gasteiger charge is -2.17. The number of hydrogen-bond donors (Lipinski definition) is 1. The second-order valence-electron chi connectivity index (χ2n) is 6.26. The molecular formula is C20H15Cl2N5O2S2. The average Bonchev–Trinajstić information content (AvgIpc) is 3.47. The molecule has 0 saturated carbocycles. The first-order valence-corrected chi connectivity index (χ1v) is 11.5. The molecule has 0 saturated heterocycles. The fourth-order valence-electron chi connectivity index (χ4n) is 2.61. The number of halogens is 2. The molecule has 0 atom stereocenters. The predicted octanol–water partition coefficient (Wildman–Crippen LogP) is 5.43. The Balaban J connectivity index is 1.43. The Labute approximate surface area is 196 Å². The van der Waals surface area contributed by atoms with Gasteiger partial charge in [-0.2, -0.15) is 16.6 Å². The number of benzene rings is 2. The fourth-order valence-corrected chi connectivity index (χ4v) is 4.58.